The molecule has 1 rings (SSSR count). The first-order valence-electron chi connectivity index (χ1n) is 6.29. The fourth-order valence-electron chi connectivity index (χ4n) is 2.08. The molecule has 88 valence electrons. The molecule has 1 aliphatic rings. The van der Waals surface area contributed by atoms with Gasteiger partial charge < -0.3 is 10.2 Å². The summed E-state index contributed by atoms with van der Waals surface area (Å²) >= 11 is 0. The van der Waals surface area contributed by atoms with Crippen molar-refractivity contribution in [3.05, 3.63) is 0 Å². The van der Waals surface area contributed by atoms with E-state index in [2.05, 4.69) is 19.2 Å². The van der Waals surface area contributed by atoms with Gasteiger partial charge in [0.2, 0.25) is 5.91 Å². The summed E-state index contributed by atoms with van der Waals surface area (Å²) in [5.41, 5.74) is 0. The van der Waals surface area contributed by atoms with Gasteiger partial charge in [0, 0.05) is 25.6 Å². The van der Waals surface area contributed by atoms with Crippen LogP contribution in [0.2, 0.25) is 0 Å². The van der Waals surface area contributed by atoms with Crippen molar-refractivity contribution < 1.29 is 4.79 Å². The molecule has 1 atom stereocenters. The van der Waals surface area contributed by atoms with Crippen molar-refractivity contribution in [1.82, 2.24) is 10.2 Å². The van der Waals surface area contributed by atoms with E-state index in [-0.39, 0.29) is 0 Å². The van der Waals surface area contributed by atoms with Gasteiger partial charge in [0.25, 0.3) is 0 Å². The minimum absolute atomic E-state index is 0.324. The highest BCUT2D eigenvalue weighted by molar-refractivity contribution is 5.76. The summed E-state index contributed by atoms with van der Waals surface area (Å²) in [5, 5.41) is 3.38. The first kappa shape index (κ1) is 12.5. The third-order valence-electron chi connectivity index (χ3n) is 3.10. The highest BCUT2D eigenvalue weighted by atomic mass is 16.2. The van der Waals surface area contributed by atoms with E-state index in [9.17, 15) is 4.79 Å². The molecule has 1 amide bonds. The highest BCUT2D eigenvalue weighted by Crippen LogP contribution is 2.10. The van der Waals surface area contributed by atoms with Gasteiger partial charge in [-0.05, 0) is 32.7 Å². The summed E-state index contributed by atoms with van der Waals surface area (Å²) < 4.78 is 0. The second-order valence-corrected chi connectivity index (χ2v) is 4.32. The van der Waals surface area contributed by atoms with E-state index < -0.39 is 0 Å². The van der Waals surface area contributed by atoms with Gasteiger partial charge in [0.15, 0.2) is 0 Å². The number of hydrogen-bond donors (Lipinski definition) is 1. The van der Waals surface area contributed by atoms with Crippen LogP contribution in [-0.2, 0) is 4.79 Å². The Hall–Kier alpha value is -0.570. The fraction of sp³-hybridized carbons (Fsp3) is 0.917. The van der Waals surface area contributed by atoms with Gasteiger partial charge in [-0.15, -0.1) is 0 Å². The smallest absolute Gasteiger partial charge is 0.224 e. The Morgan fingerprint density at radius 3 is 2.80 bits per heavy atom. The molecule has 1 aliphatic heterocycles. The molecule has 1 saturated heterocycles. The summed E-state index contributed by atoms with van der Waals surface area (Å²) in [6.07, 6.45) is 5.36. The van der Waals surface area contributed by atoms with E-state index in [0.29, 0.717) is 18.4 Å². The molecule has 1 fully saturated rings. The summed E-state index contributed by atoms with van der Waals surface area (Å²) in [6.45, 7) is 7.09. The summed E-state index contributed by atoms with van der Waals surface area (Å²) in [6, 6.07) is 0.438. The summed E-state index contributed by atoms with van der Waals surface area (Å²) in [4.78, 5) is 13.9. The topological polar surface area (TPSA) is 32.3 Å². The van der Waals surface area contributed by atoms with Gasteiger partial charge in [-0.3, -0.25) is 4.79 Å². The zero-order chi connectivity index (χ0) is 11.1. The van der Waals surface area contributed by atoms with E-state index in [0.717, 1.165) is 38.9 Å². The van der Waals surface area contributed by atoms with Crippen LogP contribution >= 0.6 is 0 Å². The predicted octanol–water partition coefficient (Wildman–Crippen LogP) is 1.78. The predicted molar refractivity (Wildman–Crippen MR) is 62.8 cm³/mol. The van der Waals surface area contributed by atoms with Crippen molar-refractivity contribution in [3.8, 4) is 0 Å². The van der Waals surface area contributed by atoms with Crippen LogP contribution in [0.5, 0.6) is 0 Å². The van der Waals surface area contributed by atoms with E-state index in [4.69, 9.17) is 0 Å². The zero-order valence-corrected chi connectivity index (χ0v) is 10.1. The third kappa shape index (κ3) is 4.20. The maximum atomic E-state index is 11.9. The van der Waals surface area contributed by atoms with Crippen LogP contribution in [0.3, 0.4) is 0 Å². The fourth-order valence-corrected chi connectivity index (χ4v) is 2.08. The molecule has 1 unspecified atom stereocenters. The highest BCUT2D eigenvalue weighted by Gasteiger charge is 2.20. The van der Waals surface area contributed by atoms with Gasteiger partial charge in [-0.2, -0.15) is 0 Å². The molecular formula is C12H24N2O. The monoisotopic (exact) mass is 212 g/mol. The normalized spacial score (nSPS) is 20.5. The van der Waals surface area contributed by atoms with Crippen LogP contribution in [0.1, 0.15) is 46.0 Å². The second-order valence-electron chi connectivity index (χ2n) is 4.32. The minimum atomic E-state index is 0.324. The van der Waals surface area contributed by atoms with Crippen LogP contribution in [0.4, 0.5) is 0 Å². The zero-order valence-electron chi connectivity index (χ0n) is 10.1. The molecule has 0 saturated carbocycles. The third-order valence-corrected chi connectivity index (χ3v) is 3.10. The first-order valence-corrected chi connectivity index (χ1v) is 6.29. The molecule has 3 nitrogen and oxygen atoms in total. The lowest BCUT2D eigenvalue weighted by Gasteiger charge is -2.22. The molecule has 0 aromatic heterocycles. The Balaban J connectivity index is 2.28. The lowest BCUT2D eigenvalue weighted by molar-refractivity contribution is -0.131. The van der Waals surface area contributed by atoms with Gasteiger partial charge in [-0.1, -0.05) is 13.3 Å². The lowest BCUT2D eigenvalue weighted by Crippen LogP contribution is -2.36. The summed E-state index contributed by atoms with van der Waals surface area (Å²) in [7, 11) is 0. The van der Waals surface area contributed by atoms with Gasteiger partial charge in [0.05, 0.1) is 0 Å². The number of nitrogens with zero attached hydrogens (tertiary/aromatic N) is 1. The van der Waals surface area contributed by atoms with Gasteiger partial charge in [0.1, 0.15) is 0 Å². The van der Waals surface area contributed by atoms with Crippen molar-refractivity contribution >= 4 is 5.91 Å². The van der Waals surface area contributed by atoms with Crippen molar-refractivity contribution in [2.45, 2.75) is 52.0 Å². The molecule has 0 spiro atoms. The van der Waals surface area contributed by atoms with E-state index in [1.54, 1.807) is 0 Å². The molecule has 3 heteroatoms. The number of unbranched alkanes of at least 4 members (excludes halogenated alkanes) is 1. The average molecular weight is 212 g/mol. The average Bonchev–Trinajstić information content (AvgIpc) is 2.71. The van der Waals surface area contributed by atoms with Crippen molar-refractivity contribution in [2.75, 3.05) is 19.6 Å². The number of rotatable bonds is 6. The Morgan fingerprint density at radius 2 is 2.27 bits per heavy atom. The standard InChI is InChI=1S/C12H24N2O/c1-3-5-9-14(4-2)12(15)10-11-7-6-8-13-11/h11,13H,3-10H2,1-2H3. The first-order chi connectivity index (χ1) is 7.27. The SMILES string of the molecule is CCCCN(CC)C(=O)CC1CCCN1. The quantitative estimate of drug-likeness (QED) is 0.728. The Morgan fingerprint density at radius 1 is 1.47 bits per heavy atom. The van der Waals surface area contributed by atoms with Crippen LogP contribution in [0, 0.1) is 0 Å². The molecule has 0 bridgehead atoms. The Labute approximate surface area is 93.2 Å². The van der Waals surface area contributed by atoms with Gasteiger partial charge >= 0.3 is 0 Å². The minimum Gasteiger partial charge on any atom is -0.343 e. The molecule has 1 heterocycles. The maximum absolute atomic E-state index is 11.9. The second kappa shape index (κ2) is 6.83. The largest absolute Gasteiger partial charge is 0.343 e. The maximum Gasteiger partial charge on any atom is 0.224 e. The number of amides is 1. The van der Waals surface area contributed by atoms with Crippen LogP contribution in [0.25, 0.3) is 0 Å². The van der Waals surface area contributed by atoms with Crippen LogP contribution in [0.15, 0.2) is 0 Å². The number of carbonyl (C=O) groups is 1. The van der Waals surface area contributed by atoms with Crippen molar-refractivity contribution in [3.63, 3.8) is 0 Å². The number of nitrogens with one attached hydrogen (secondary N) is 1. The Bertz CT molecular complexity index is 188. The molecule has 15 heavy (non-hydrogen) atoms. The molecule has 0 aromatic carbocycles. The molecule has 1 N–H and O–H groups in total. The van der Waals surface area contributed by atoms with Gasteiger partial charge in [-0.25, -0.2) is 0 Å². The molecule has 0 radical (unpaired) electrons. The van der Waals surface area contributed by atoms with E-state index in [1.165, 1.54) is 6.42 Å². The number of hydrogen-bond acceptors (Lipinski definition) is 2. The molecule has 0 aromatic rings. The number of carbonyl (C=O) groups excluding carboxylic acids is 1. The molecule has 0 aliphatic carbocycles. The van der Waals surface area contributed by atoms with Crippen molar-refractivity contribution in [1.29, 1.82) is 0 Å². The van der Waals surface area contributed by atoms with E-state index >= 15 is 0 Å². The summed E-state index contributed by atoms with van der Waals surface area (Å²) in [5.74, 6) is 0.324. The molecular weight excluding hydrogens is 188 g/mol. The Kier molecular flexibility index (Phi) is 5.69. The van der Waals surface area contributed by atoms with E-state index in [1.807, 2.05) is 4.90 Å². The van der Waals surface area contributed by atoms with Crippen LogP contribution in [-0.4, -0.2) is 36.5 Å². The van der Waals surface area contributed by atoms with Crippen molar-refractivity contribution in [2.24, 2.45) is 0 Å². The lowest BCUT2D eigenvalue weighted by atomic mass is 10.1. The van der Waals surface area contributed by atoms with Crippen LogP contribution < -0.4 is 5.32 Å².